The molecule has 9 heteroatoms. The highest BCUT2D eigenvalue weighted by atomic mass is 16.4. The van der Waals surface area contributed by atoms with Gasteiger partial charge < -0.3 is 5.11 Å². The van der Waals surface area contributed by atoms with Gasteiger partial charge in [-0.05, 0) is 39.8 Å². The number of hydrogen-bond acceptors (Lipinski definition) is 6. The van der Waals surface area contributed by atoms with Gasteiger partial charge in [-0.3, -0.25) is 4.79 Å². The number of carboxylic acids is 1. The lowest BCUT2D eigenvalue weighted by Gasteiger charge is -2.10. The van der Waals surface area contributed by atoms with Crippen molar-refractivity contribution in [3.63, 3.8) is 0 Å². The maximum atomic E-state index is 11.1. The van der Waals surface area contributed by atoms with Gasteiger partial charge in [0.15, 0.2) is 11.6 Å². The van der Waals surface area contributed by atoms with Gasteiger partial charge in [0.2, 0.25) is 5.82 Å². The Kier molecular flexibility index (Phi) is 7.35. The van der Waals surface area contributed by atoms with Crippen molar-refractivity contribution in [3.05, 3.63) is 89.7 Å². The molecule has 0 aliphatic heterocycles. The van der Waals surface area contributed by atoms with E-state index in [9.17, 15) is 4.79 Å². The molecule has 0 saturated heterocycles. The van der Waals surface area contributed by atoms with E-state index >= 15 is 0 Å². The first-order valence-corrected chi connectivity index (χ1v) is 12.6. The first-order valence-electron chi connectivity index (χ1n) is 12.6. The third-order valence-electron chi connectivity index (χ3n) is 6.34. The van der Waals surface area contributed by atoms with E-state index in [1.807, 2.05) is 53.2 Å². The van der Waals surface area contributed by atoms with Crippen molar-refractivity contribution in [2.75, 3.05) is 0 Å². The number of nitrogens with zero attached hydrogens (tertiary/aromatic N) is 6. The molecular weight excluding hydrogens is 478 g/mol. The number of carboxylic acid groups (broad SMARTS) is 1. The molecule has 0 spiro atoms. The van der Waals surface area contributed by atoms with E-state index in [0.29, 0.717) is 18.3 Å². The fourth-order valence-electron chi connectivity index (χ4n) is 4.35. The minimum Gasteiger partial charge on any atom is -0.481 e. The summed E-state index contributed by atoms with van der Waals surface area (Å²) in [5.41, 5.74) is 5.75. The number of tetrazole rings is 1. The van der Waals surface area contributed by atoms with Crippen molar-refractivity contribution in [1.29, 1.82) is 0 Å². The van der Waals surface area contributed by atoms with Gasteiger partial charge in [0.1, 0.15) is 0 Å². The van der Waals surface area contributed by atoms with Crippen molar-refractivity contribution in [2.24, 2.45) is 5.92 Å². The van der Waals surface area contributed by atoms with Crippen molar-refractivity contribution < 1.29 is 9.90 Å². The van der Waals surface area contributed by atoms with E-state index < -0.39 is 5.97 Å². The highest BCUT2D eigenvalue weighted by Crippen LogP contribution is 2.30. The van der Waals surface area contributed by atoms with Crippen molar-refractivity contribution in [1.82, 2.24) is 35.4 Å². The number of aliphatic carboxylic acids is 1. The molecule has 0 bridgehead atoms. The average molecular weight is 508 g/mol. The molecule has 0 unspecified atom stereocenters. The molecule has 0 aliphatic carbocycles. The Morgan fingerprint density at radius 3 is 2.26 bits per heavy atom. The minimum absolute atomic E-state index is 0.00515. The SMILES string of the molecule is CC(C)CCc1nc(-c2ccc(CC(=O)O)cc2)n(Cc2ccc(-c3ccccc3-c3nn[nH]n3)cc2)n1. The van der Waals surface area contributed by atoms with Crippen molar-refractivity contribution in [2.45, 2.75) is 39.7 Å². The molecule has 2 aromatic heterocycles. The number of H-pyrrole nitrogens is 1. The van der Waals surface area contributed by atoms with Crippen molar-refractivity contribution in [3.8, 4) is 33.9 Å². The molecule has 0 atom stereocenters. The van der Waals surface area contributed by atoms with Crippen LogP contribution in [0.4, 0.5) is 0 Å². The Hall–Kier alpha value is -4.66. The van der Waals surface area contributed by atoms with Crippen LogP contribution in [0.25, 0.3) is 33.9 Å². The lowest BCUT2D eigenvalue weighted by Crippen LogP contribution is -2.05. The topological polar surface area (TPSA) is 122 Å². The van der Waals surface area contributed by atoms with Crippen LogP contribution >= 0.6 is 0 Å². The molecule has 3 aromatic carbocycles. The monoisotopic (exact) mass is 507 g/mol. The molecule has 192 valence electrons. The smallest absolute Gasteiger partial charge is 0.307 e. The summed E-state index contributed by atoms with van der Waals surface area (Å²) in [4.78, 5) is 15.9. The summed E-state index contributed by atoms with van der Waals surface area (Å²) in [5.74, 6) is 1.86. The zero-order chi connectivity index (χ0) is 26.5. The van der Waals surface area contributed by atoms with Gasteiger partial charge in [-0.2, -0.15) is 10.3 Å². The fourth-order valence-corrected chi connectivity index (χ4v) is 4.35. The molecule has 2 N–H and O–H groups in total. The van der Waals surface area contributed by atoms with E-state index in [1.54, 1.807) is 0 Å². The number of nitrogens with one attached hydrogen (secondary N) is 1. The van der Waals surface area contributed by atoms with E-state index in [-0.39, 0.29) is 6.42 Å². The van der Waals surface area contributed by atoms with Crippen LogP contribution < -0.4 is 0 Å². The first-order chi connectivity index (χ1) is 18.5. The van der Waals surface area contributed by atoms with Gasteiger partial charge in [-0.1, -0.05) is 86.6 Å². The van der Waals surface area contributed by atoms with E-state index in [0.717, 1.165) is 57.9 Å². The second-order valence-corrected chi connectivity index (χ2v) is 9.69. The summed E-state index contributed by atoms with van der Waals surface area (Å²) in [5, 5.41) is 28.4. The number of hydrogen-bond donors (Lipinski definition) is 2. The van der Waals surface area contributed by atoms with Gasteiger partial charge in [0.25, 0.3) is 0 Å². The van der Waals surface area contributed by atoms with Crippen molar-refractivity contribution >= 4 is 5.97 Å². The third-order valence-corrected chi connectivity index (χ3v) is 6.34. The Labute approximate surface area is 220 Å². The van der Waals surface area contributed by atoms with E-state index in [4.69, 9.17) is 15.2 Å². The molecule has 5 rings (SSSR count). The lowest BCUT2D eigenvalue weighted by atomic mass is 9.98. The second kappa shape index (κ2) is 11.2. The number of benzene rings is 3. The molecule has 5 aromatic rings. The molecular formula is C29H29N7O2. The second-order valence-electron chi connectivity index (χ2n) is 9.69. The van der Waals surface area contributed by atoms with Crippen LogP contribution in [-0.4, -0.2) is 46.5 Å². The number of rotatable bonds is 10. The molecule has 2 heterocycles. The summed E-state index contributed by atoms with van der Waals surface area (Å²) in [6, 6.07) is 23.9. The summed E-state index contributed by atoms with van der Waals surface area (Å²) < 4.78 is 1.93. The Morgan fingerprint density at radius 2 is 1.61 bits per heavy atom. The predicted octanol–water partition coefficient (Wildman–Crippen LogP) is 5.06. The molecule has 0 fully saturated rings. The minimum atomic E-state index is -0.847. The normalized spacial score (nSPS) is 11.2. The molecule has 38 heavy (non-hydrogen) atoms. The summed E-state index contributed by atoms with van der Waals surface area (Å²) >= 11 is 0. The number of aromatic amines is 1. The molecule has 9 nitrogen and oxygen atoms in total. The number of aromatic nitrogens is 7. The largest absolute Gasteiger partial charge is 0.481 e. The van der Waals surface area contributed by atoms with Crippen LogP contribution in [0.5, 0.6) is 0 Å². The first kappa shape index (κ1) is 25.0. The molecule has 0 radical (unpaired) electrons. The van der Waals surface area contributed by atoms with E-state index in [1.165, 1.54) is 0 Å². The summed E-state index contributed by atoms with van der Waals surface area (Å²) in [7, 11) is 0. The molecule has 0 amide bonds. The summed E-state index contributed by atoms with van der Waals surface area (Å²) in [6.45, 7) is 4.95. The zero-order valence-electron chi connectivity index (χ0n) is 21.4. The summed E-state index contributed by atoms with van der Waals surface area (Å²) in [6.07, 6.45) is 1.81. The predicted molar refractivity (Wildman–Crippen MR) is 144 cm³/mol. The van der Waals surface area contributed by atoms with Crippen LogP contribution in [0.15, 0.2) is 72.8 Å². The molecule has 0 saturated carbocycles. The van der Waals surface area contributed by atoms with Crippen LogP contribution in [0, 0.1) is 5.92 Å². The number of carbonyl (C=O) groups is 1. The standard InChI is InChI=1S/C29H29N7O2/c1-19(2)7-16-26-30-29(23-14-8-20(9-15-23)17-27(37)38)36(33-26)18-21-10-12-22(13-11-21)24-5-3-4-6-25(24)28-31-34-35-32-28/h3-6,8-15,19H,7,16-18H2,1-2H3,(H,37,38)(H,31,32,34,35). The Bertz CT molecular complexity index is 1510. The van der Waals surface area contributed by atoms with Gasteiger partial charge >= 0.3 is 5.97 Å². The maximum absolute atomic E-state index is 11.1. The Morgan fingerprint density at radius 1 is 0.921 bits per heavy atom. The van der Waals surface area contributed by atoms with Crippen LogP contribution in [-0.2, 0) is 24.2 Å². The highest BCUT2D eigenvalue weighted by Gasteiger charge is 2.15. The Balaban J connectivity index is 1.42. The van der Waals surface area contributed by atoms with Gasteiger partial charge in [0, 0.05) is 17.5 Å². The molecule has 0 aliphatic rings. The van der Waals surface area contributed by atoms with Gasteiger partial charge in [0.05, 0.1) is 13.0 Å². The average Bonchev–Trinajstić information content (AvgIpc) is 3.59. The lowest BCUT2D eigenvalue weighted by molar-refractivity contribution is -0.136. The number of aryl methyl sites for hydroxylation is 1. The van der Waals surface area contributed by atoms with E-state index in [2.05, 4.69) is 58.7 Å². The van der Waals surface area contributed by atoms with Crippen LogP contribution in [0.1, 0.15) is 37.2 Å². The zero-order valence-corrected chi connectivity index (χ0v) is 21.4. The third kappa shape index (κ3) is 5.83. The fraction of sp³-hybridized carbons (Fsp3) is 0.241. The van der Waals surface area contributed by atoms with Crippen LogP contribution in [0.3, 0.4) is 0 Å². The maximum Gasteiger partial charge on any atom is 0.307 e. The van der Waals surface area contributed by atoms with Gasteiger partial charge in [-0.25, -0.2) is 9.67 Å². The van der Waals surface area contributed by atoms with Gasteiger partial charge in [-0.15, -0.1) is 10.2 Å². The van der Waals surface area contributed by atoms with Crippen LogP contribution in [0.2, 0.25) is 0 Å². The highest BCUT2D eigenvalue weighted by molar-refractivity contribution is 5.80. The quantitative estimate of drug-likeness (QED) is 0.271.